The van der Waals surface area contributed by atoms with E-state index < -0.39 is 0 Å². The molecule has 1 aromatic heterocycles. The van der Waals surface area contributed by atoms with Crippen LogP contribution in [0.5, 0.6) is 0 Å². The number of carbonyl (C=O) groups is 2. The van der Waals surface area contributed by atoms with E-state index >= 15 is 0 Å². The van der Waals surface area contributed by atoms with Crippen molar-refractivity contribution in [3.8, 4) is 0 Å². The van der Waals surface area contributed by atoms with Gasteiger partial charge in [0.1, 0.15) is 0 Å². The minimum atomic E-state index is -0.00841. The van der Waals surface area contributed by atoms with Crippen LogP contribution in [0.15, 0.2) is 24.3 Å². The monoisotopic (exact) mass is 426 g/mol. The Morgan fingerprint density at radius 1 is 1.17 bits per heavy atom. The molecule has 0 spiro atoms. The van der Waals surface area contributed by atoms with Crippen molar-refractivity contribution in [1.82, 2.24) is 9.88 Å². The van der Waals surface area contributed by atoms with Crippen LogP contribution in [0.25, 0.3) is 0 Å². The van der Waals surface area contributed by atoms with Crippen LogP contribution < -0.4 is 10.2 Å². The lowest BCUT2D eigenvalue weighted by Gasteiger charge is -2.35. The van der Waals surface area contributed by atoms with E-state index in [9.17, 15) is 9.59 Å². The first-order chi connectivity index (χ1) is 14.4. The number of thiazole rings is 1. The second-order valence-electron chi connectivity index (χ2n) is 8.58. The normalized spacial score (nSPS) is 19.0. The molecule has 0 saturated carbocycles. The van der Waals surface area contributed by atoms with Crippen molar-refractivity contribution in [3.63, 3.8) is 0 Å². The summed E-state index contributed by atoms with van der Waals surface area (Å²) in [7, 11) is 0. The zero-order valence-electron chi connectivity index (χ0n) is 18.0. The van der Waals surface area contributed by atoms with E-state index in [0.717, 1.165) is 67.5 Å². The number of amides is 2. The molecular formula is C23H30N4O2S. The molecule has 4 rings (SSSR count). The Morgan fingerprint density at radius 3 is 2.60 bits per heavy atom. The van der Waals surface area contributed by atoms with Gasteiger partial charge in [-0.15, -0.1) is 11.3 Å². The van der Waals surface area contributed by atoms with Gasteiger partial charge in [-0.1, -0.05) is 32.0 Å². The number of piperazine rings is 1. The molecule has 1 atom stereocenters. The Balaban J connectivity index is 1.37. The molecule has 2 aromatic rings. The summed E-state index contributed by atoms with van der Waals surface area (Å²) in [5, 5.41) is 4.14. The first-order valence-corrected chi connectivity index (χ1v) is 11.6. The summed E-state index contributed by atoms with van der Waals surface area (Å²) >= 11 is 1.72. The van der Waals surface area contributed by atoms with E-state index in [-0.39, 0.29) is 23.7 Å². The van der Waals surface area contributed by atoms with Crippen LogP contribution >= 0.6 is 11.3 Å². The maximum atomic E-state index is 12.8. The molecular weight excluding hydrogens is 396 g/mol. The zero-order chi connectivity index (χ0) is 21.3. The summed E-state index contributed by atoms with van der Waals surface area (Å²) < 4.78 is 0. The zero-order valence-corrected chi connectivity index (χ0v) is 18.8. The number of aromatic nitrogens is 1. The van der Waals surface area contributed by atoms with E-state index in [1.807, 2.05) is 49.9 Å². The van der Waals surface area contributed by atoms with Crippen molar-refractivity contribution < 1.29 is 9.59 Å². The number of anilines is 2. The second-order valence-corrected chi connectivity index (χ2v) is 9.64. The van der Waals surface area contributed by atoms with Crippen molar-refractivity contribution in [2.75, 3.05) is 36.4 Å². The van der Waals surface area contributed by atoms with Gasteiger partial charge < -0.3 is 15.1 Å². The third-order valence-electron chi connectivity index (χ3n) is 6.06. The van der Waals surface area contributed by atoms with Gasteiger partial charge in [0, 0.05) is 48.6 Å². The third kappa shape index (κ3) is 4.36. The molecule has 0 radical (unpaired) electrons. The van der Waals surface area contributed by atoms with Gasteiger partial charge in [0.25, 0.3) is 0 Å². The molecule has 7 heteroatoms. The molecule has 2 aliphatic rings. The van der Waals surface area contributed by atoms with Crippen LogP contribution in [0.2, 0.25) is 0 Å². The summed E-state index contributed by atoms with van der Waals surface area (Å²) in [4.78, 5) is 35.4. The van der Waals surface area contributed by atoms with Gasteiger partial charge in [-0.05, 0) is 37.8 Å². The number of hydrogen-bond acceptors (Lipinski definition) is 5. The maximum Gasteiger partial charge on any atom is 0.227 e. The highest BCUT2D eigenvalue weighted by Gasteiger charge is 2.30. The lowest BCUT2D eigenvalue weighted by atomic mass is 9.90. The fourth-order valence-electron chi connectivity index (χ4n) is 4.15. The molecule has 1 N–H and O–H groups in total. The summed E-state index contributed by atoms with van der Waals surface area (Å²) in [5.74, 6) is 0.374. The quantitative estimate of drug-likeness (QED) is 0.813. The molecule has 1 fully saturated rings. The first kappa shape index (κ1) is 20.8. The Hall–Kier alpha value is -2.41. The SMILES string of the molecule is Cc1ccccc1NC(=O)[C@H]1CCc2nc(N3CCN(C(=O)C(C)C)CC3)sc2C1. The lowest BCUT2D eigenvalue weighted by Crippen LogP contribution is -2.49. The fourth-order valence-corrected chi connectivity index (χ4v) is 5.39. The molecule has 6 nitrogen and oxygen atoms in total. The maximum absolute atomic E-state index is 12.8. The van der Waals surface area contributed by atoms with Crippen LogP contribution in [-0.4, -0.2) is 47.9 Å². The molecule has 1 aliphatic heterocycles. The minimum absolute atomic E-state index is 0.00841. The van der Waals surface area contributed by atoms with Crippen molar-refractivity contribution in [2.45, 2.75) is 40.0 Å². The molecule has 0 bridgehead atoms. The van der Waals surface area contributed by atoms with Crippen LogP contribution in [0.3, 0.4) is 0 Å². The van der Waals surface area contributed by atoms with Crippen molar-refractivity contribution in [1.29, 1.82) is 0 Å². The average Bonchev–Trinajstić information content (AvgIpc) is 3.18. The van der Waals surface area contributed by atoms with E-state index in [4.69, 9.17) is 4.98 Å². The number of rotatable bonds is 4. The Bertz CT molecular complexity index is 931. The summed E-state index contributed by atoms with van der Waals surface area (Å²) in [5.41, 5.74) is 3.13. The minimum Gasteiger partial charge on any atom is -0.345 e. The number of fused-ring (bicyclic) bond motifs is 1. The molecule has 1 saturated heterocycles. The number of nitrogens with one attached hydrogen (secondary N) is 1. The van der Waals surface area contributed by atoms with Crippen LogP contribution in [0, 0.1) is 18.8 Å². The molecule has 30 heavy (non-hydrogen) atoms. The Morgan fingerprint density at radius 2 is 1.90 bits per heavy atom. The van der Waals surface area contributed by atoms with Crippen molar-refractivity contribution in [3.05, 3.63) is 40.4 Å². The van der Waals surface area contributed by atoms with Gasteiger partial charge in [-0.3, -0.25) is 9.59 Å². The van der Waals surface area contributed by atoms with Gasteiger partial charge in [0.15, 0.2) is 5.13 Å². The Kier molecular flexibility index (Phi) is 6.09. The standard InChI is InChI=1S/C23H30N4O2S/c1-15(2)22(29)26-10-12-27(13-11-26)23-25-19-9-8-17(14-20(19)30-23)21(28)24-18-7-5-4-6-16(18)3/h4-7,15,17H,8-14H2,1-3H3,(H,24,28)/t17-/m0/s1. The predicted octanol–water partition coefficient (Wildman–Crippen LogP) is 3.50. The summed E-state index contributed by atoms with van der Waals surface area (Å²) in [6, 6.07) is 7.90. The van der Waals surface area contributed by atoms with Crippen LogP contribution in [0.1, 0.15) is 36.4 Å². The number of aryl methyl sites for hydroxylation is 2. The van der Waals surface area contributed by atoms with Gasteiger partial charge in [0.05, 0.1) is 5.69 Å². The smallest absolute Gasteiger partial charge is 0.227 e. The topological polar surface area (TPSA) is 65.5 Å². The fraction of sp³-hybridized carbons (Fsp3) is 0.522. The molecule has 160 valence electrons. The van der Waals surface area contributed by atoms with Gasteiger partial charge >= 0.3 is 0 Å². The summed E-state index contributed by atoms with van der Waals surface area (Å²) in [6.07, 6.45) is 2.45. The predicted molar refractivity (Wildman–Crippen MR) is 121 cm³/mol. The number of benzene rings is 1. The highest BCUT2D eigenvalue weighted by molar-refractivity contribution is 7.15. The van der Waals surface area contributed by atoms with Gasteiger partial charge in [0.2, 0.25) is 11.8 Å². The number of carbonyl (C=O) groups excluding carboxylic acids is 2. The third-order valence-corrected chi connectivity index (χ3v) is 7.24. The molecule has 1 aromatic carbocycles. The van der Waals surface area contributed by atoms with E-state index in [1.54, 1.807) is 11.3 Å². The molecule has 2 heterocycles. The van der Waals surface area contributed by atoms with Gasteiger partial charge in [-0.2, -0.15) is 0 Å². The Labute approximate surface area is 182 Å². The highest BCUT2D eigenvalue weighted by Crippen LogP contribution is 2.35. The molecule has 0 unspecified atom stereocenters. The van der Waals surface area contributed by atoms with E-state index in [0.29, 0.717) is 0 Å². The van der Waals surface area contributed by atoms with Crippen LogP contribution in [0.4, 0.5) is 10.8 Å². The summed E-state index contributed by atoms with van der Waals surface area (Å²) in [6.45, 7) is 9.07. The number of nitrogens with zero attached hydrogens (tertiary/aromatic N) is 3. The molecule has 2 amide bonds. The largest absolute Gasteiger partial charge is 0.345 e. The number of para-hydroxylation sites is 1. The van der Waals surface area contributed by atoms with Gasteiger partial charge in [-0.25, -0.2) is 4.98 Å². The number of hydrogen-bond donors (Lipinski definition) is 1. The second kappa shape index (κ2) is 8.76. The first-order valence-electron chi connectivity index (χ1n) is 10.8. The van der Waals surface area contributed by atoms with Crippen molar-refractivity contribution in [2.24, 2.45) is 11.8 Å². The molecule has 1 aliphatic carbocycles. The average molecular weight is 427 g/mol. The van der Waals surface area contributed by atoms with E-state index in [1.165, 1.54) is 4.88 Å². The highest BCUT2D eigenvalue weighted by atomic mass is 32.1. The van der Waals surface area contributed by atoms with E-state index in [2.05, 4.69) is 10.2 Å². The van der Waals surface area contributed by atoms with Crippen molar-refractivity contribution >= 4 is 34.0 Å². The van der Waals surface area contributed by atoms with Crippen LogP contribution in [-0.2, 0) is 22.4 Å². The lowest BCUT2D eigenvalue weighted by molar-refractivity contribution is -0.134.